The molecule has 0 saturated heterocycles. The molecular weight excluding hydrogens is 412 g/mol. The van der Waals surface area contributed by atoms with E-state index in [1.165, 1.54) is 27.5 Å². The summed E-state index contributed by atoms with van der Waals surface area (Å²) in [5, 5.41) is 12.0. The third-order valence-corrected chi connectivity index (χ3v) is 7.25. The van der Waals surface area contributed by atoms with E-state index in [1.54, 1.807) is 11.3 Å². The zero-order valence-corrected chi connectivity index (χ0v) is 19.0. The molecule has 6 nitrogen and oxygen atoms in total. The van der Waals surface area contributed by atoms with Gasteiger partial charge in [-0.3, -0.25) is 4.90 Å². The number of aromatic nitrogens is 5. The molecule has 0 spiro atoms. The summed E-state index contributed by atoms with van der Waals surface area (Å²) in [7, 11) is 0. The average Bonchev–Trinajstić information content (AvgIpc) is 3.51. The number of benzene rings is 1. The fourth-order valence-electron chi connectivity index (χ4n) is 3.82. The van der Waals surface area contributed by atoms with Gasteiger partial charge < -0.3 is 4.57 Å². The molecule has 30 heavy (non-hydrogen) atoms. The lowest BCUT2D eigenvalue weighted by Crippen LogP contribution is -2.36. The first-order chi connectivity index (χ1) is 14.6. The van der Waals surface area contributed by atoms with Crippen LogP contribution in [-0.2, 0) is 13.1 Å². The molecule has 0 bridgehead atoms. The van der Waals surface area contributed by atoms with Crippen LogP contribution in [0.1, 0.15) is 49.9 Å². The van der Waals surface area contributed by atoms with Crippen molar-refractivity contribution in [3.8, 4) is 21.3 Å². The van der Waals surface area contributed by atoms with Crippen LogP contribution in [0.15, 0.2) is 41.8 Å². The fraction of sp³-hybridized carbons (Fsp3) is 0.364. The Bertz CT molecular complexity index is 1130. The molecule has 1 aliphatic heterocycles. The molecule has 3 aromatic heterocycles. The van der Waals surface area contributed by atoms with E-state index in [1.807, 2.05) is 0 Å². The number of nitrogens with zero attached hydrogens (tertiary/aromatic N) is 6. The van der Waals surface area contributed by atoms with Crippen molar-refractivity contribution in [3.05, 3.63) is 59.0 Å². The monoisotopic (exact) mass is 436 g/mol. The van der Waals surface area contributed by atoms with Gasteiger partial charge in [-0.2, -0.15) is 4.37 Å². The summed E-state index contributed by atoms with van der Waals surface area (Å²) in [4.78, 5) is 8.45. The Kier molecular flexibility index (Phi) is 5.22. The largest absolute Gasteiger partial charge is 0.306 e. The first-order valence-corrected chi connectivity index (χ1v) is 11.9. The normalized spacial score (nSPS) is 16.9. The third kappa shape index (κ3) is 3.59. The number of fused-ring (bicyclic) bond motifs is 1. The van der Waals surface area contributed by atoms with Gasteiger partial charge in [-0.25, -0.2) is 4.98 Å². The van der Waals surface area contributed by atoms with Crippen molar-refractivity contribution in [2.75, 3.05) is 6.54 Å². The molecule has 1 unspecified atom stereocenters. The van der Waals surface area contributed by atoms with Gasteiger partial charge in [-0.15, -0.1) is 21.5 Å². The van der Waals surface area contributed by atoms with Crippen molar-refractivity contribution in [2.24, 2.45) is 0 Å². The van der Waals surface area contributed by atoms with Crippen molar-refractivity contribution in [1.29, 1.82) is 0 Å². The molecule has 0 aliphatic carbocycles. The second-order valence-electron chi connectivity index (χ2n) is 7.97. The van der Waals surface area contributed by atoms with Crippen molar-refractivity contribution >= 4 is 22.9 Å². The highest BCUT2D eigenvalue weighted by Gasteiger charge is 2.29. The molecule has 5 rings (SSSR count). The van der Waals surface area contributed by atoms with Crippen LogP contribution in [0.5, 0.6) is 0 Å². The lowest BCUT2D eigenvalue weighted by Gasteiger charge is -2.33. The van der Waals surface area contributed by atoms with Gasteiger partial charge in [0.05, 0.1) is 6.04 Å². The fourth-order valence-corrected chi connectivity index (χ4v) is 5.35. The maximum Gasteiger partial charge on any atom is 0.194 e. The minimum Gasteiger partial charge on any atom is -0.306 e. The molecule has 0 amide bonds. The average molecular weight is 437 g/mol. The zero-order valence-electron chi connectivity index (χ0n) is 17.3. The third-order valence-electron chi connectivity index (χ3n) is 5.61. The van der Waals surface area contributed by atoms with Crippen LogP contribution >= 0.6 is 22.9 Å². The van der Waals surface area contributed by atoms with Crippen molar-refractivity contribution in [2.45, 2.75) is 45.8 Å². The first-order valence-electron chi connectivity index (χ1n) is 10.2. The maximum atomic E-state index is 4.67. The molecule has 8 heteroatoms. The smallest absolute Gasteiger partial charge is 0.194 e. The lowest BCUT2D eigenvalue weighted by atomic mass is 10.1. The Morgan fingerprint density at radius 1 is 1.10 bits per heavy atom. The summed E-state index contributed by atoms with van der Waals surface area (Å²) in [6.45, 7) is 9.16. The standard InChI is InChI=1S/C22H24N6S2/c1-14(2)19-23-22(30-26-19)21-25-24-20-15(3)27(10-11-28(20)21)13-16-6-8-17(9-7-16)18-5-4-12-29-18/h4-9,12,14-15H,10-11,13H2,1-3H3. The highest BCUT2D eigenvalue weighted by atomic mass is 32.1. The zero-order chi connectivity index (χ0) is 20.7. The predicted molar refractivity (Wildman–Crippen MR) is 122 cm³/mol. The quantitative estimate of drug-likeness (QED) is 0.429. The number of hydrogen-bond donors (Lipinski definition) is 0. The summed E-state index contributed by atoms with van der Waals surface area (Å²) in [5.74, 6) is 3.05. The van der Waals surface area contributed by atoms with Crippen LogP contribution in [0.25, 0.3) is 21.3 Å². The topological polar surface area (TPSA) is 59.7 Å². The Morgan fingerprint density at radius 2 is 1.93 bits per heavy atom. The van der Waals surface area contributed by atoms with Crippen molar-refractivity contribution in [3.63, 3.8) is 0 Å². The Labute approximate surface area is 184 Å². The highest BCUT2D eigenvalue weighted by molar-refractivity contribution is 7.13. The molecule has 1 atom stereocenters. The SMILES string of the molecule is CC(C)c1nsc(-c2nnc3n2CCN(Cc2ccc(-c4cccs4)cc2)C3C)n1. The van der Waals surface area contributed by atoms with Gasteiger partial charge in [0.2, 0.25) is 0 Å². The summed E-state index contributed by atoms with van der Waals surface area (Å²) in [6, 6.07) is 13.4. The summed E-state index contributed by atoms with van der Waals surface area (Å²) in [5.41, 5.74) is 2.60. The van der Waals surface area contributed by atoms with E-state index >= 15 is 0 Å². The van der Waals surface area contributed by atoms with E-state index in [0.29, 0.717) is 5.92 Å². The van der Waals surface area contributed by atoms with Gasteiger partial charge in [0.15, 0.2) is 16.7 Å². The maximum absolute atomic E-state index is 4.67. The van der Waals surface area contributed by atoms with E-state index < -0.39 is 0 Å². The lowest BCUT2D eigenvalue weighted by molar-refractivity contribution is 0.157. The molecule has 0 fully saturated rings. The van der Waals surface area contributed by atoms with Gasteiger partial charge in [0.1, 0.15) is 5.82 Å². The van der Waals surface area contributed by atoms with Crippen molar-refractivity contribution in [1.82, 2.24) is 29.0 Å². The van der Waals surface area contributed by atoms with Crippen LogP contribution in [0.3, 0.4) is 0 Å². The van der Waals surface area contributed by atoms with Crippen LogP contribution < -0.4 is 0 Å². The molecule has 0 saturated carbocycles. The van der Waals surface area contributed by atoms with Gasteiger partial charge in [-0.05, 0) is 41.0 Å². The summed E-state index contributed by atoms with van der Waals surface area (Å²) >= 11 is 3.19. The van der Waals surface area contributed by atoms with Gasteiger partial charge in [0, 0.05) is 30.4 Å². The number of rotatable bonds is 5. The van der Waals surface area contributed by atoms with Gasteiger partial charge in [-0.1, -0.05) is 44.2 Å². The van der Waals surface area contributed by atoms with E-state index in [4.69, 9.17) is 0 Å². The Morgan fingerprint density at radius 3 is 2.63 bits per heavy atom. The van der Waals surface area contributed by atoms with E-state index in [2.05, 4.69) is 91.6 Å². The van der Waals surface area contributed by atoms with Crippen molar-refractivity contribution < 1.29 is 0 Å². The molecular formula is C22H24N6S2. The summed E-state index contributed by atoms with van der Waals surface area (Å²) in [6.07, 6.45) is 0. The number of thiophene rings is 1. The molecule has 4 heterocycles. The molecule has 1 aromatic carbocycles. The van der Waals surface area contributed by atoms with E-state index in [-0.39, 0.29) is 6.04 Å². The Hall–Kier alpha value is -2.42. The number of hydrogen-bond acceptors (Lipinski definition) is 7. The molecule has 1 aliphatic rings. The van der Waals surface area contributed by atoms with Crippen LogP contribution in [0, 0.1) is 0 Å². The minimum atomic E-state index is 0.203. The highest BCUT2D eigenvalue weighted by Crippen LogP contribution is 2.31. The van der Waals surface area contributed by atoms with E-state index in [0.717, 1.165) is 42.1 Å². The van der Waals surface area contributed by atoms with Crippen LogP contribution in [0.4, 0.5) is 0 Å². The molecule has 0 N–H and O–H groups in total. The second-order valence-corrected chi connectivity index (χ2v) is 9.67. The molecule has 4 aromatic rings. The predicted octanol–water partition coefficient (Wildman–Crippen LogP) is 5.23. The second kappa shape index (κ2) is 8.02. The van der Waals surface area contributed by atoms with E-state index in [9.17, 15) is 0 Å². The van der Waals surface area contributed by atoms with Gasteiger partial charge >= 0.3 is 0 Å². The van der Waals surface area contributed by atoms with Gasteiger partial charge in [0.25, 0.3) is 0 Å². The first kappa shape index (κ1) is 19.5. The molecule has 154 valence electrons. The minimum absolute atomic E-state index is 0.203. The summed E-state index contributed by atoms with van der Waals surface area (Å²) < 4.78 is 6.69. The Balaban J connectivity index is 1.33. The molecule has 0 radical (unpaired) electrons. The van der Waals surface area contributed by atoms with Crippen LogP contribution in [-0.4, -0.2) is 35.6 Å². The van der Waals surface area contributed by atoms with Crippen LogP contribution in [0.2, 0.25) is 0 Å².